The summed E-state index contributed by atoms with van der Waals surface area (Å²) in [5.74, 6) is 1.40. The molecule has 1 aliphatic heterocycles. The standard InChI is InChI=1S/C19H20N2O3/c1-2-3-12-23-18-11-7-6-10-17(18)21-14-24-20-19(21)16-9-5-4-8-15(16)13-22/h4-11,13H,2-3,12,14H2,1H3. The number of amidine groups is 1. The van der Waals surface area contributed by atoms with Gasteiger partial charge < -0.3 is 9.57 Å². The molecule has 0 N–H and O–H groups in total. The summed E-state index contributed by atoms with van der Waals surface area (Å²) in [7, 11) is 0. The van der Waals surface area contributed by atoms with E-state index in [4.69, 9.17) is 9.57 Å². The molecule has 0 saturated heterocycles. The smallest absolute Gasteiger partial charge is 0.195 e. The van der Waals surface area contributed by atoms with E-state index in [1.54, 1.807) is 6.07 Å². The number of ether oxygens (including phenoxy) is 1. The third-order valence-corrected chi connectivity index (χ3v) is 3.83. The molecule has 0 radical (unpaired) electrons. The Morgan fingerprint density at radius 3 is 2.83 bits per heavy atom. The van der Waals surface area contributed by atoms with Crippen LogP contribution < -0.4 is 9.64 Å². The maximum atomic E-state index is 11.3. The van der Waals surface area contributed by atoms with Gasteiger partial charge >= 0.3 is 0 Å². The molecule has 3 rings (SSSR count). The number of rotatable bonds is 7. The number of para-hydroxylation sites is 2. The van der Waals surface area contributed by atoms with Crippen molar-refractivity contribution < 1.29 is 14.4 Å². The zero-order valence-electron chi connectivity index (χ0n) is 13.6. The number of hydrogen-bond acceptors (Lipinski definition) is 5. The summed E-state index contributed by atoms with van der Waals surface area (Å²) in [6, 6.07) is 15.1. The molecule has 0 fully saturated rings. The van der Waals surface area contributed by atoms with Crippen LogP contribution in [-0.2, 0) is 4.84 Å². The Labute approximate surface area is 141 Å². The van der Waals surface area contributed by atoms with Gasteiger partial charge in [0.2, 0.25) is 0 Å². The Kier molecular flexibility index (Phi) is 5.11. The van der Waals surface area contributed by atoms with Crippen molar-refractivity contribution in [3.8, 4) is 5.75 Å². The highest BCUT2D eigenvalue weighted by Crippen LogP contribution is 2.32. The minimum Gasteiger partial charge on any atom is -0.491 e. The van der Waals surface area contributed by atoms with E-state index in [9.17, 15) is 4.79 Å². The number of hydrogen-bond donors (Lipinski definition) is 0. The van der Waals surface area contributed by atoms with Crippen LogP contribution in [0.1, 0.15) is 35.7 Å². The van der Waals surface area contributed by atoms with Gasteiger partial charge in [-0.15, -0.1) is 0 Å². The molecule has 0 amide bonds. The highest BCUT2D eigenvalue weighted by molar-refractivity contribution is 6.14. The van der Waals surface area contributed by atoms with Gasteiger partial charge in [0, 0.05) is 11.1 Å². The first-order valence-corrected chi connectivity index (χ1v) is 8.09. The van der Waals surface area contributed by atoms with E-state index in [1.165, 1.54) is 0 Å². The molecule has 1 aliphatic rings. The van der Waals surface area contributed by atoms with E-state index in [2.05, 4.69) is 12.1 Å². The maximum absolute atomic E-state index is 11.3. The van der Waals surface area contributed by atoms with E-state index in [-0.39, 0.29) is 6.73 Å². The quantitative estimate of drug-likeness (QED) is 0.574. The van der Waals surface area contributed by atoms with Gasteiger partial charge in [-0.1, -0.05) is 54.9 Å². The van der Waals surface area contributed by atoms with Crippen molar-refractivity contribution in [3.05, 3.63) is 59.7 Å². The van der Waals surface area contributed by atoms with Crippen LogP contribution >= 0.6 is 0 Å². The van der Waals surface area contributed by atoms with Crippen molar-refractivity contribution in [1.29, 1.82) is 0 Å². The Morgan fingerprint density at radius 2 is 2.00 bits per heavy atom. The molecule has 24 heavy (non-hydrogen) atoms. The van der Waals surface area contributed by atoms with Gasteiger partial charge in [-0.25, -0.2) is 0 Å². The molecule has 124 valence electrons. The summed E-state index contributed by atoms with van der Waals surface area (Å²) < 4.78 is 5.91. The summed E-state index contributed by atoms with van der Waals surface area (Å²) >= 11 is 0. The largest absolute Gasteiger partial charge is 0.491 e. The van der Waals surface area contributed by atoms with E-state index >= 15 is 0 Å². The van der Waals surface area contributed by atoms with Crippen LogP contribution in [0.2, 0.25) is 0 Å². The second-order valence-electron chi connectivity index (χ2n) is 5.48. The first kappa shape index (κ1) is 16.1. The number of benzene rings is 2. The van der Waals surface area contributed by atoms with Gasteiger partial charge in [-0.05, 0) is 18.6 Å². The Hall–Kier alpha value is -2.82. The average Bonchev–Trinajstić information content (AvgIpc) is 3.11. The summed E-state index contributed by atoms with van der Waals surface area (Å²) in [4.78, 5) is 18.6. The fraction of sp³-hybridized carbons (Fsp3) is 0.263. The molecule has 2 aromatic rings. The molecule has 5 heteroatoms. The van der Waals surface area contributed by atoms with Crippen molar-refractivity contribution in [2.75, 3.05) is 18.2 Å². The average molecular weight is 324 g/mol. The van der Waals surface area contributed by atoms with E-state index in [0.29, 0.717) is 18.0 Å². The van der Waals surface area contributed by atoms with Gasteiger partial charge in [-0.3, -0.25) is 9.69 Å². The van der Waals surface area contributed by atoms with Crippen LogP contribution in [0.25, 0.3) is 0 Å². The third-order valence-electron chi connectivity index (χ3n) is 3.83. The molecule has 0 atom stereocenters. The molecule has 2 aromatic carbocycles. The summed E-state index contributed by atoms with van der Waals surface area (Å²) in [6.07, 6.45) is 2.91. The number of oxime groups is 1. The van der Waals surface area contributed by atoms with Crippen LogP contribution in [0.5, 0.6) is 5.75 Å². The molecule has 1 heterocycles. The van der Waals surface area contributed by atoms with Crippen LogP contribution in [0.15, 0.2) is 53.7 Å². The Morgan fingerprint density at radius 1 is 1.21 bits per heavy atom. The molecule has 0 aromatic heterocycles. The second kappa shape index (κ2) is 7.64. The van der Waals surface area contributed by atoms with Crippen LogP contribution in [0, 0.1) is 0 Å². The monoisotopic (exact) mass is 324 g/mol. The minimum atomic E-state index is 0.288. The van der Waals surface area contributed by atoms with Crippen molar-refractivity contribution in [2.45, 2.75) is 19.8 Å². The van der Waals surface area contributed by atoms with Crippen LogP contribution in [0.4, 0.5) is 5.69 Å². The third kappa shape index (κ3) is 3.25. The molecule has 5 nitrogen and oxygen atoms in total. The maximum Gasteiger partial charge on any atom is 0.195 e. The summed E-state index contributed by atoms with van der Waals surface area (Å²) in [5.41, 5.74) is 2.20. The highest BCUT2D eigenvalue weighted by atomic mass is 16.7. The van der Waals surface area contributed by atoms with E-state index in [0.717, 1.165) is 36.1 Å². The van der Waals surface area contributed by atoms with Crippen LogP contribution in [0.3, 0.4) is 0 Å². The fourth-order valence-electron chi connectivity index (χ4n) is 2.57. The number of nitrogens with zero attached hydrogens (tertiary/aromatic N) is 2. The van der Waals surface area contributed by atoms with Gasteiger partial charge in [0.25, 0.3) is 0 Å². The van der Waals surface area contributed by atoms with Crippen molar-refractivity contribution in [2.24, 2.45) is 5.16 Å². The molecule has 0 aliphatic carbocycles. The zero-order chi connectivity index (χ0) is 16.8. The van der Waals surface area contributed by atoms with E-state index in [1.807, 2.05) is 47.4 Å². The van der Waals surface area contributed by atoms with Gasteiger partial charge in [0.05, 0.1) is 12.3 Å². The van der Waals surface area contributed by atoms with E-state index < -0.39 is 0 Å². The molecular formula is C19H20N2O3. The number of carbonyl (C=O) groups excluding carboxylic acids is 1. The topological polar surface area (TPSA) is 51.1 Å². The number of anilines is 1. The molecular weight excluding hydrogens is 304 g/mol. The normalized spacial score (nSPS) is 13.4. The molecule has 0 bridgehead atoms. The summed E-state index contributed by atoms with van der Waals surface area (Å²) in [6.45, 7) is 3.08. The SMILES string of the molecule is CCCCOc1ccccc1N1CON=C1c1ccccc1C=O. The number of aldehydes is 1. The van der Waals surface area contributed by atoms with Crippen LogP contribution in [-0.4, -0.2) is 25.5 Å². The lowest BCUT2D eigenvalue weighted by molar-refractivity contribution is 0.112. The van der Waals surface area contributed by atoms with Gasteiger partial charge in [0.15, 0.2) is 18.9 Å². The van der Waals surface area contributed by atoms with Gasteiger partial charge in [-0.2, -0.15) is 0 Å². The highest BCUT2D eigenvalue weighted by Gasteiger charge is 2.26. The lowest BCUT2D eigenvalue weighted by Gasteiger charge is -2.21. The Balaban J connectivity index is 1.92. The number of carbonyl (C=O) groups is 1. The van der Waals surface area contributed by atoms with Crippen molar-refractivity contribution >= 4 is 17.8 Å². The first-order chi connectivity index (χ1) is 11.8. The second-order valence-corrected chi connectivity index (χ2v) is 5.48. The van der Waals surface area contributed by atoms with Gasteiger partial charge in [0.1, 0.15) is 5.75 Å². The molecule has 0 spiro atoms. The Bertz CT molecular complexity index is 743. The minimum absolute atomic E-state index is 0.288. The molecule has 0 unspecified atom stereocenters. The number of unbranched alkanes of at least 4 members (excludes halogenated alkanes) is 1. The predicted molar refractivity (Wildman–Crippen MR) is 93.6 cm³/mol. The molecule has 0 saturated carbocycles. The predicted octanol–water partition coefficient (Wildman–Crippen LogP) is 3.83. The zero-order valence-corrected chi connectivity index (χ0v) is 13.6. The van der Waals surface area contributed by atoms with Crippen molar-refractivity contribution in [3.63, 3.8) is 0 Å². The fourth-order valence-corrected chi connectivity index (χ4v) is 2.57. The van der Waals surface area contributed by atoms with Crippen molar-refractivity contribution in [1.82, 2.24) is 0 Å². The lowest BCUT2D eigenvalue weighted by atomic mass is 10.1. The first-order valence-electron chi connectivity index (χ1n) is 8.09. The lowest BCUT2D eigenvalue weighted by Crippen LogP contribution is -2.29. The summed E-state index contributed by atoms with van der Waals surface area (Å²) in [5, 5.41) is 4.14.